The van der Waals surface area contributed by atoms with E-state index in [1.54, 1.807) is 46.7 Å². The third-order valence-corrected chi connectivity index (χ3v) is 7.18. The number of likely N-dealkylation sites (tertiary alicyclic amines) is 1. The fourth-order valence-corrected chi connectivity index (χ4v) is 5.26. The maximum absolute atomic E-state index is 13.2. The monoisotopic (exact) mass is 484 g/mol. The van der Waals surface area contributed by atoms with Crippen LogP contribution in [-0.4, -0.2) is 50.2 Å². The van der Waals surface area contributed by atoms with Gasteiger partial charge in [0.05, 0.1) is 28.7 Å². The molecule has 2 aromatic carbocycles. The van der Waals surface area contributed by atoms with Crippen molar-refractivity contribution in [1.82, 2.24) is 19.4 Å². The highest BCUT2D eigenvalue weighted by atomic mass is 16.4. The van der Waals surface area contributed by atoms with Gasteiger partial charge >= 0.3 is 5.69 Å². The zero-order valence-electron chi connectivity index (χ0n) is 19.7. The number of aromatic amines is 1. The van der Waals surface area contributed by atoms with Crippen LogP contribution in [0.25, 0.3) is 11.0 Å². The van der Waals surface area contributed by atoms with Crippen molar-refractivity contribution in [3.63, 3.8) is 0 Å². The minimum atomic E-state index is -0.348. The summed E-state index contributed by atoms with van der Waals surface area (Å²) in [6.07, 6.45) is 1.30. The van der Waals surface area contributed by atoms with E-state index >= 15 is 0 Å². The number of nitrogens with zero attached hydrogens (tertiary/aromatic N) is 3. The Morgan fingerprint density at radius 1 is 0.972 bits per heavy atom. The van der Waals surface area contributed by atoms with Crippen LogP contribution in [0.4, 0.5) is 0 Å². The molecule has 1 N–H and O–H groups in total. The number of H-pyrrole nitrogens is 1. The summed E-state index contributed by atoms with van der Waals surface area (Å²) >= 11 is 0. The molecule has 0 atom stereocenters. The molecule has 0 saturated carbocycles. The second-order valence-corrected chi connectivity index (χ2v) is 9.27. The fraction of sp³-hybridized carbons (Fsp3) is 0.259. The number of carbonyl (C=O) groups excluding carboxylic acids is 3. The average Bonchev–Trinajstić information content (AvgIpc) is 3.51. The van der Waals surface area contributed by atoms with E-state index in [1.165, 1.54) is 4.90 Å². The first-order valence-electron chi connectivity index (χ1n) is 12.0. The molecule has 2 aliphatic rings. The Kier molecular flexibility index (Phi) is 5.13. The van der Waals surface area contributed by atoms with E-state index in [2.05, 4.69) is 4.98 Å². The van der Waals surface area contributed by atoms with Crippen LogP contribution in [0.5, 0.6) is 0 Å². The van der Waals surface area contributed by atoms with Crippen molar-refractivity contribution in [2.24, 2.45) is 0 Å². The molecular weight excluding hydrogens is 460 g/mol. The number of aromatic nitrogens is 2. The van der Waals surface area contributed by atoms with E-state index in [9.17, 15) is 19.2 Å². The minimum Gasteiger partial charge on any atom is -0.456 e. The number of nitrogens with one attached hydrogen (secondary N) is 1. The SMILES string of the molecule is Cc1oc(C(=O)N2CCC(n3c(=O)[nH]c4ccccc43)CC2)cc1CN1C(=O)c2ccccc2C1=O. The molecule has 1 fully saturated rings. The Balaban J connectivity index is 1.15. The van der Waals surface area contributed by atoms with Gasteiger partial charge in [-0.3, -0.25) is 23.9 Å². The zero-order valence-corrected chi connectivity index (χ0v) is 19.7. The average molecular weight is 485 g/mol. The van der Waals surface area contributed by atoms with E-state index in [4.69, 9.17) is 4.42 Å². The highest BCUT2D eigenvalue weighted by Gasteiger charge is 2.36. The second-order valence-electron chi connectivity index (χ2n) is 9.27. The molecule has 1 saturated heterocycles. The van der Waals surface area contributed by atoms with Gasteiger partial charge in [-0.15, -0.1) is 0 Å². The number of furan rings is 1. The number of aryl methyl sites for hydroxylation is 1. The number of imidazole rings is 1. The van der Waals surface area contributed by atoms with Gasteiger partial charge in [-0.2, -0.15) is 0 Å². The van der Waals surface area contributed by atoms with E-state index in [0.29, 0.717) is 48.4 Å². The Bertz CT molecular complexity index is 1550. The molecule has 0 aliphatic carbocycles. The highest BCUT2D eigenvalue weighted by molar-refractivity contribution is 6.21. The quantitative estimate of drug-likeness (QED) is 0.446. The summed E-state index contributed by atoms with van der Waals surface area (Å²) in [5.41, 5.74) is 2.92. The number of fused-ring (bicyclic) bond motifs is 2. The standard InChI is InChI=1S/C27H24N4O5/c1-16-17(15-30-24(32)19-6-2-3-7-20(19)25(30)33)14-23(36-16)26(34)29-12-10-18(11-13-29)31-22-9-5-4-8-21(22)28-27(31)35/h2-9,14,18H,10-13,15H2,1H3,(H,28,35). The van der Waals surface area contributed by atoms with Crippen molar-refractivity contribution in [2.45, 2.75) is 32.4 Å². The lowest BCUT2D eigenvalue weighted by molar-refractivity contribution is 0.0637. The van der Waals surface area contributed by atoms with Crippen molar-refractivity contribution in [3.8, 4) is 0 Å². The van der Waals surface area contributed by atoms with Gasteiger partial charge in [-0.1, -0.05) is 24.3 Å². The topological polar surface area (TPSA) is 109 Å². The van der Waals surface area contributed by atoms with Crippen molar-refractivity contribution in [3.05, 3.63) is 93.3 Å². The van der Waals surface area contributed by atoms with Gasteiger partial charge in [0.2, 0.25) is 0 Å². The third-order valence-electron chi connectivity index (χ3n) is 7.18. The molecule has 4 heterocycles. The van der Waals surface area contributed by atoms with E-state index in [-0.39, 0.29) is 41.8 Å². The Morgan fingerprint density at radius 2 is 1.61 bits per heavy atom. The van der Waals surface area contributed by atoms with Crippen molar-refractivity contribution < 1.29 is 18.8 Å². The third kappa shape index (κ3) is 3.46. The Labute approximate surface area is 205 Å². The van der Waals surface area contributed by atoms with Gasteiger partial charge in [0.15, 0.2) is 5.76 Å². The molecular formula is C27H24N4O5. The molecule has 2 aliphatic heterocycles. The lowest BCUT2D eigenvalue weighted by atomic mass is 10.0. The summed E-state index contributed by atoms with van der Waals surface area (Å²) in [7, 11) is 0. The van der Waals surface area contributed by atoms with Crippen molar-refractivity contribution >= 4 is 28.8 Å². The van der Waals surface area contributed by atoms with Crippen LogP contribution in [0.15, 0.2) is 63.8 Å². The Morgan fingerprint density at radius 3 is 2.31 bits per heavy atom. The lowest BCUT2D eigenvalue weighted by Crippen LogP contribution is -2.40. The van der Waals surface area contributed by atoms with Crippen LogP contribution in [0, 0.1) is 6.92 Å². The lowest BCUT2D eigenvalue weighted by Gasteiger charge is -2.32. The zero-order chi connectivity index (χ0) is 25.0. The van der Waals surface area contributed by atoms with E-state index < -0.39 is 0 Å². The van der Waals surface area contributed by atoms with Crippen molar-refractivity contribution in [2.75, 3.05) is 13.1 Å². The first-order chi connectivity index (χ1) is 17.4. The summed E-state index contributed by atoms with van der Waals surface area (Å²) in [6, 6.07) is 16.0. The summed E-state index contributed by atoms with van der Waals surface area (Å²) in [6.45, 7) is 2.74. The summed E-state index contributed by atoms with van der Waals surface area (Å²) in [4.78, 5) is 57.0. The van der Waals surface area contributed by atoms with Gasteiger partial charge in [0.25, 0.3) is 17.7 Å². The normalized spacial score (nSPS) is 16.2. The van der Waals surface area contributed by atoms with Gasteiger partial charge < -0.3 is 14.3 Å². The molecule has 0 spiro atoms. The molecule has 6 rings (SSSR count). The molecule has 9 nitrogen and oxygen atoms in total. The minimum absolute atomic E-state index is 0.000391. The number of amides is 3. The second kappa shape index (κ2) is 8.37. The Hall–Kier alpha value is -4.40. The first-order valence-corrected chi connectivity index (χ1v) is 12.0. The van der Waals surface area contributed by atoms with Gasteiger partial charge in [0, 0.05) is 24.7 Å². The molecule has 0 radical (unpaired) electrons. The predicted molar refractivity (Wildman–Crippen MR) is 131 cm³/mol. The molecule has 3 amide bonds. The predicted octanol–water partition coefficient (Wildman–Crippen LogP) is 3.50. The molecule has 9 heteroatoms. The van der Waals surface area contributed by atoms with Crippen LogP contribution in [-0.2, 0) is 6.54 Å². The smallest absolute Gasteiger partial charge is 0.326 e. The number of para-hydroxylation sites is 2. The number of imide groups is 1. The summed E-state index contributed by atoms with van der Waals surface area (Å²) in [5.74, 6) is -0.259. The number of piperidine rings is 1. The van der Waals surface area contributed by atoms with Gasteiger partial charge in [-0.25, -0.2) is 4.79 Å². The summed E-state index contributed by atoms with van der Waals surface area (Å²) in [5, 5.41) is 0. The van der Waals surface area contributed by atoms with Gasteiger partial charge in [0.1, 0.15) is 5.76 Å². The van der Waals surface area contributed by atoms with Crippen molar-refractivity contribution in [1.29, 1.82) is 0 Å². The summed E-state index contributed by atoms with van der Waals surface area (Å²) < 4.78 is 7.55. The number of rotatable bonds is 4. The number of hydrogen-bond acceptors (Lipinski definition) is 5. The first kappa shape index (κ1) is 22.1. The van der Waals surface area contributed by atoms with Crippen LogP contribution < -0.4 is 5.69 Å². The van der Waals surface area contributed by atoms with Crippen LogP contribution >= 0.6 is 0 Å². The maximum atomic E-state index is 13.2. The van der Waals surface area contributed by atoms with E-state index in [1.807, 2.05) is 24.3 Å². The fourth-order valence-electron chi connectivity index (χ4n) is 5.26. The van der Waals surface area contributed by atoms with E-state index in [0.717, 1.165) is 11.0 Å². The molecule has 182 valence electrons. The van der Waals surface area contributed by atoms with Crippen LogP contribution in [0.1, 0.15) is 61.5 Å². The molecule has 4 aromatic rings. The molecule has 0 unspecified atom stereocenters. The molecule has 0 bridgehead atoms. The number of carbonyl (C=O) groups is 3. The highest BCUT2D eigenvalue weighted by Crippen LogP contribution is 2.28. The number of benzene rings is 2. The van der Waals surface area contributed by atoms with Crippen LogP contribution in [0.3, 0.4) is 0 Å². The van der Waals surface area contributed by atoms with Gasteiger partial charge in [-0.05, 0) is 50.1 Å². The molecule has 36 heavy (non-hydrogen) atoms. The largest absolute Gasteiger partial charge is 0.456 e. The number of hydrogen-bond donors (Lipinski definition) is 1. The van der Waals surface area contributed by atoms with Crippen LogP contribution in [0.2, 0.25) is 0 Å². The maximum Gasteiger partial charge on any atom is 0.326 e. The molecule has 2 aromatic heterocycles.